The quantitative estimate of drug-likeness (QED) is 0.738. The van der Waals surface area contributed by atoms with E-state index in [0.29, 0.717) is 5.82 Å². The molecule has 1 atom stereocenters. The molecule has 2 heterocycles. The van der Waals surface area contributed by atoms with Crippen LogP contribution in [0, 0.1) is 0 Å². The SMILES string of the molecule is CC(NS(C)(=O)=O)C(=O)NCc1nnc2n1CCCC2. The van der Waals surface area contributed by atoms with Crippen molar-refractivity contribution in [3.05, 3.63) is 11.6 Å². The van der Waals surface area contributed by atoms with Gasteiger partial charge in [0.25, 0.3) is 0 Å². The fourth-order valence-corrected chi connectivity index (χ4v) is 2.94. The Morgan fingerprint density at radius 3 is 2.85 bits per heavy atom. The minimum Gasteiger partial charge on any atom is -0.347 e. The van der Waals surface area contributed by atoms with Gasteiger partial charge in [-0.25, -0.2) is 13.1 Å². The maximum absolute atomic E-state index is 11.8. The zero-order chi connectivity index (χ0) is 14.8. The normalized spacial score (nSPS) is 16.5. The van der Waals surface area contributed by atoms with Crippen LogP contribution in [0.5, 0.6) is 0 Å². The van der Waals surface area contributed by atoms with E-state index in [1.807, 2.05) is 4.57 Å². The third-order valence-corrected chi connectivity index (χ3v) is 3.92. The summed E-state index contributed by atoms with van der Waals surface area (Å²) >= 11 is 0. The monoisotopic (exact) mass is 301 g/mol. The standard InChI is InChI=1S/C11H19N5O3S/c1-8(15-20(2,18)19)11(17)12-7-10-14-13-9-5-3-4-6-16(9)10/h8,15H,3-7H2,1-2H3,(H,12,17). The Hall–Kier alpha value is -1.48. The molecule has 8 nitrogen and oxygen atoms in total. The van der Waals surface area contributed by atoms with E-state index >= 15 is 0 Å². The van der Waals surface area contributed by atoms with Crippen molar-refractivity contribution in [2.75, 3.05) is 6.26 Å². The molecule has 0 fully saturated rings. The number of carbonyl (C=O) groups is 1. The summed E-state index contributed by atoms with van der Waals surface area (Å²) in [6, 6.07) is -0.811. The summed E-state index contributed by atoms with van der Waals surface area (Å²) in [5.74, 6) is 1.27. The lowest BCUT2D eigenvalue weighted by Gasteiger charge is -2.16. The second kappa shape index (κ2) is 5.88. The van der Waals surface area contributed by atoms with E-state index in [0.717, 1.165) is 37.9 Å². The lowest BCUT2D eigenvalue weighted by molar-refractivity contribution is -0.122. The number of rotatable bonds is 5. The molecule has 0 saturated heterocycles. The number of hydrogen-bond donors (Lipinski definition) is 2. The molecule has 1 aromatic rings. The summed E-state index contributed by atoms with van der Waals surface area (Å²) in [7, 11) is -3.40. The molecule has 9 heteroatoms. The van der Waals surface area contributed by atoms with Crippen LogP contribution in [0.3, 0.4) is 0 Å². The van der Waals surface area contributed by atoms with Gasteiger partial charge in [0.1, 0.15) is 5.82 Å². The van der Waals surface area contributed by atoms with Crippen molar-refractivity contribution in [1.82, 2.24) is 24.8 Å². The fraction of sp³-hybridized carbons (Fsp3) is 0.727. The van der Waals surface area contributed by atoms with Crippen LogP contribution >= 0.6 is 0 Å². The average molecular weight is 301 g/mol. The zero-order valence-electron chi connectivity index (χ0n) is 11.6. The van der Waals surface area contributed by atoms with Gasteiger partial charge in [-0.15, -0.1) is 10.2 Å². The molecule has 2 rings (SSSR count). The Balaban J connectivity index is 1.92. The molecule has 0 bridgehead atoms. The molecule has 0 aromatic carbocycles. The van der Waals surface area contributed by atoms with E-state index in [-0.39, 0.29) is 12.5 Å². The predicted molar refractivity (Wildman–Crippen MR) is 72.2 cm³/mol. The molecule has 1 amide bonds. The largest absolute Gasteiger partial charge is 0.347 e. The number of hydrogen-bond acceptors (Lipinski definition) is 5. The Bertz CT molecular complexity index is 595. The smallest absolute Gasteiger partial charge is 0.238 e. The first kappa shape index (κ1) is 14.9. The van der Waals surface area contributed by atoms with Crippen LogP contribution in [0.1, 0.15) is 31.4 Å². The van der Waals surface area contributed by atoms with Crippen molar-refractivity contribution in [3.63, 3.8) is 0 Å². The highest BCUT2D eigenvalue weighted by Gasteiger charge is 2.19. The highest BCUT2D eigenvalue weighted by Crippen LogP contribution is 2.13. The van der Waals surface area contributed by atoms with Gasteiger partial charge < -0.3 is 9.88 Å². The molecule has 1 aromatic heterocycles. The third kappa shape index (κ3) is 3.76. The summed E-state index contributed by atoms with van der Waals surface area (Å²) < 4.78 is 26.3. The summed E-state index contributed by atoms with van der Waals surface area (Å²) in [6.45, 7) is 2.61. The van der Waals surface area contributed by atoms with E-state index in [1.165, 1.54) is 6.92 Å². The van der Waals surface area contributed by atoms with Crippen molar-refractivity contribution in [1.29, 1.82) is 0 Å². The molecule has 0 radical (unpaired) electrons. The number of carbonyl (C=O) groups excluding carboxylic acids is 1. The van der Waals surface area contributed by atoms with Crippen LogP contribution in [0.4, 0.5) is 0 Å². The van der Waals surface area contributed by atoms with Gasteiger partial charge in [-0.3, -0.25) is 4.79 Å². The maximum Gasteiger partial charge on any atom is 0.238 e. The summed E-state index contributed by atoms with van der Waals surface area (Å²) in [5, 5.41) is 10.8. The van der Waals surface area contributed by atoms with Gasteiger partial charge in [0.15, 0.2) is 5.82 Å². The van der Waals surface area contributed by atoms with E-state index < -0.39 is 16.1 Å². The van der Waals surface area contributed by atoms with Crippen LogP contribution in [-0.2, 0) is 34.3 Å². The molecule has 1 aliphatic rings. The molecular formula is C11H19N5O3S. The van der Waals surface area contributed by atoms with E-state index in [1.54, 1.807) is 0 Å². The number of aryl methyl sites for hydroxylation is 1. The first-order valence-electron chi connectivity index (χ1n) is 6.53. The minimum absolute atomic E-state index is 0.252. The van der Waals surface area contributed by atoms with Crippen molar-refractivity contribution in [2.24, 2.45) is 0 Å². The lowest BCUT2D eigenvalue weighted by Crippen LogP contribution is -2.44. The Morgan fingerprint density at radius 1 is 1.40 bits per heavy atom. The van der Waals surface area contributed by atoms with Crippen molar-refractivity contribution in [3.8, 4) is 0 Å². The average Bonchev–Trinajstić information content (AvgIpc) is 2.77. The first-order chi connectivity index (χ1) is 9.37. The number of aromatic nitrogens is 3. The Morgan fingerprint density at radius 2 is 2.15 bits per heavy atom. The summed E-state index contributed by atoms with van der Waals surface area (Å²) in [4.78, 5) is 11.8. The van der Waals surface area contributed by atoms with E-state index in [4.69, 9.17) is 0 Å². The Labute approximate surface area is 118 Å². The number of amides is 1. The zero-order valence-corrected chi connectivity index (χ0v) is 12.4. The Kier molecular flexibility index (Phi) is 4.39. The molecule has 112 valence electrons. The van der Waals surface area contributed by atoms with Crippen molar-refractivity contribution in [2.45, 2.75) is 45.3 Å². The number of fused-ring (bicyclic) bond motifs is 1. The second-order valence-corrected chi connectivity index (χ2v) is 6.75. The second-order valence-electron chi connectivity index (χ2n) is 4.97. The molecule has 20 heavy (non-hydrogen) atoms. The van der Waals surface area contributed by atoms with Gasteiger partial charge in [-0.1, -0.05) is 0 Å². The molecule has 2 N–H and O–H groups in total. The molecular weight excluding hydrogens is 282 g/mol. The predicted octanol–water partition coefficient (Wildman–Crippen LogP) is -0.832. The van der Waals surface area contributed by atoms with Crippen LogP contribution < -0.4 is 10.0 Å². The van der Waals surface area contributed by atoms with Gasteiger partial charge in [0.2, 0.25) is 15.9 Å². The minimum atomic E-state index is -3.40. The molecule has 1 unspecified atom stereocenters. The molecule has 0 spiro atoms. The topological polar surface area (TPSA) is 106 Å². The highest BCUT2D eigenvalue weighted by molar-refractivity contribution is 7.88. The fourth-order valence-electron chi connectivity index (χ4n) is 2.19. The van der Waals surface area contributed by atoms with E-state index in [2.05, 4.69) is 20.2 Å². The number of sulfonamides is 1. The van der Waals surface area contributed by atoms with Crippen molar-refractivity contribution < 1.29 is 13.2 Å². The highest BCUT2D eigenvalue weighted by atomic mass is 32.2. The van der Waals surface area contributed by atoms with E-state index in [9.17, 15) is 13.2 Å². The van der Waals surface area contributed by atoms with Gasteiger partial charge in [0, 0.05) is 13.0 Å². The molecule has 0 saturated carbocycles. The van der Waals surface area contributed by atoms with Gasteiger partial charge in [-0.05, 0) is 19.8 Å². The maximum atomic E-state index is 11.8. The van der Waals surface area contributed by atoms with Crippen LogP contribution in [0.25, 0.3) is 0 Å². The van der Waals surface area contributed by atoms with Gasteiger partial charge in [0.05, 0.1) is 18.8 Å². The van der Waals surface area contributed by atoms with Crippen LogP contribution in [0.2, 0.25) is 0 Å². The summed E-state index contributed by atoms with van der Waals surface area (Å²) in [5.41, 5.74) is 0. The third-order valence-electron chi connectivity index (χ3n) is 3.14. The van der Waals surface area contributed by atoms with Gasteiger partial charge in [-0.2, -0.15) is 0 Å². The number of nitrogens with one attached hydrogen (secondary N) is 2. The first-order valence-corrected chi connectivity index (χ1v) is 8.42. The lowest BCUT2D eigenvalue weighted by atomic mass is 10.2. The molecule has 1 aliphatic heterocycles. The van der Waals surface area contributed by atoms with Crippen molar-refractivity contribution >= 4 is 15.9 Å². The number of nitrogens with zero attached hydrogens (tertiary/aromatic N) is 3. The van der Waals surface area contributed by atoms with Crippen LogP contribution in [0.15, 0.2) is 0 Å². The van der Waals surface area contributed by atoms with Gasteiger partial charge >= 0.3 is 0 Å². The molecule has 0 aliphatic carbocycles. The van der Waals surface area contributed by atoms with Crippen LogP contribution in [-0.4, -0.2) is 41.4 Å². The summed E-state index contributed by atoms with van der Waals surface area (Å²) in [6.07, 6.45) is 4.12.